The summed E-state index contributed by atoms with van der Waals surface area (Å²) in [5.41, 5.74) is 0.565. The van der Waals surface area contributed by atoms with Crippen molar-refractivity contribution < 1.29 is 4.79 Å². The van der Waals surface area contributed by atoms with E-state index in [-0.39, 0.29) is 0 Å². The minimum absolute atomic E-state index is 0.565. The van der Waals surface area contributed by atoms with Gasteiger partial charge in [0.15, 0.2) is 0 Å². The maximum atomic E-state index is 11.2. The van der Waals surface area contributed by atoms with Crippen LogP contribution in [-0.4, -0.2) is 9.70 Å². The first-order valence-corrected chi connectivity index (χ1v) is 5.46. The largest absolute Gasteiger partial charge is 0.322 e. The quantitative estimate of drug-likeness (QED) is 0.785. The number of halogens is 4. The van der Waals surface area contributed by atoms with Gasteiger partial charge in [0.1, 0.15) is 0 Å². The van der Waals surface area contributed by atoms with Gasteiger partial charge < -0.3 is 5.32 Å². The second-order valence-corrected chi connectivity index (χ2v) is 5.66. The molecule has 0 saturated carbocycles. The molecular formula is C8H5BrCl3NO. The molecule has 0 saturated heterocycles. The molecule has 1 amide bonds. The number of amides is 1. The van der Waals surface area contributed by atoms with Gasteiger partial charge in [-0.15, -0.1) is 0 Å². The number of anilines is 1. The smallest absolute Gasteiger partial charge is 0.276 e. The Kier molecular flexibility index (Phi) is 4.07. The normalized spacial score (nSPS) is 11.1. The molecule has 0 spiro atoms. The first-order chi connectivity index (χ1) is 6.39. The molecule has 0 aromatic heterocycles. The van der Waals surface area contributed by atoms with Crippen molar-refractivity contribution >= 4 is 62.3 Å². The van der Waals surface area contributed by atoms with Crippen LogP contribution < -0.4 is 5.32 Å². The fourth-order valence-corrected chi connectivity index (χ4v) is 1.31. The van der Waals surface area contributed by atoms with Crippen LogP contribution >= 0.6 is 50.7 Å². The molecule has 0 unspecified atom stereocenters. The Morgan fingerprint density at radius 1 is 1.36 bits per heavy atom. The predicted octanol–water partition coefficient (Wildman–Crippen LogP) is 3.76. The van der Waals surface area contributed by atoms with E-state index in [9.17, 15) is 4.79 Å². The van der Waals surface area contributed by atoms with Crippen molar-refractivity contribution in [1.82, 2.24) is 0 Å². The van der Waals surface area contributed by atoms with E-state index in [4.69, 9.17) is 34.8 Å². The molecule has 0 heterocycles. The summed E-state index contributed by atoms with van der Waals surface area (Å²) in [6.07, 6.45) is 0. The molecule has 0 bridgehead atoms. The van der Waals surface area contributed by atoms with Crippen LogP contribution in [0.15, 0.2) is 28.7 Å². The Labute approximate surface area is 105 Å². The van der Waals surface area contributed by atoms with E-state index < -0.39 is 9.70 Å². The lowest BCUT2D eigenvalue weighted by Crippen LogP contribution is -2.26. The number of alkyl halides is 3. The van der Waals surface area contributed by atoms with Crippen LogP contribution in [0.1, 0.15) is 0 Å². The van der Waals surface area contributed by atoms with Gasteiger partial charge in [-0.05, 0) is 18.2 Å². The summed E-state index contributed by atoms with van der Waals surface area (Å²) >= 11 is 19.4. The summed E-state index contributed by atoms with van der Waals surface area (Å²) in [4.78, 5) is 11.2. The number of hydrogen-bond donors (Lipinski definition) is 1. The summed E-state index contributed by atoms with van der Waals surface area (Å²) in [7, 11) is 0. The highest BCUT2D eigenvalue weighted by molar-refractivity contribution is 9.10. The van der Waals surface area contributed by atoms with Gasteiger partial charge in [-0.2, -0.15) is 0 Å². The Hall–Kier alpha value is 0.0400. The van der Waals surface area contributed by atoms with Crippen LogP contribution in [0, 0.1) is 0 Å². The van der Waals surface area contributed by atoms with Gasteiger partial charge in [-0.3, -0.25) is 4.79 Å². The van der Waals surface area contributed by atoms with Crippen molar-refractivity contribution in [2.75, 3.05) is 5.32 Å². The molecule has 0 aliphatic rings. The third kappa shape index (κ3) is 3.65. The third-order valence-electron chi connectivity index (χ3n) is 1.34. The number of benzene rings is 1. The zero-order chi connectivity index (χ0) is 10.8. The minimum Gasteiger partial charge on any atom is -0.322 e. The van der Waals surface area contributed by atoms with Crippen LogP contribution in [-0.2, 0) is 4.79 Å². The van der Waals surface area contributed by atoms with Crippen LogP contribution in [0.4, 0.5) is 5.69 Å². The van der Waals surface area contributed by atoms with Gasteiger partial charge in [0.05, 0.1) is 0 Å². The molecule has 6 heteroatoms. The maximum Gasteiger partial charge on any atom is 0.276 e. The average Bonchev–Trinajstić information content (AvgIpc) is 2.02. The van der Waals surface area contributed by atoms with Crippen molar-refractivity contribution in [3.63, 3.8) is 0 Å². The number of hydrogen-bond acceptors (Lipinski definition) is 1. The molecule has 1 aromatic rings. The predicted molar refractivity (Wildman–Crippen MR) is 63.1 cm³/mol. The second kappa shape index (κ2) is 4.71. The van der Waals surface area contributed by atoms with Crippen LogP contribution in [0.2, 0.25) is 0 Å². The Morgan fingerprint density at radius 3 is 2.50 bits per heavy atom. The first-order valence-electron chi connectivity index (χ1n) is 3.53. The average molecular weight is 317 g/mol. The van der Waals surface area contributed by atoms with Crippen molar-refractivity contribution in [3.05, 3.63) is 28.7 Å². The standard InChI is InChI=1S/C8H5BrCl3NO/c9-5-2-1-3-6(4-5)13-7(14)8(10,11)12/h1-4H,(H,13,14). The maximum absolute atomic E-state index is 11.2. The Morgan fingerprint density at radius 2 is 2.00 bits per heavy atom. The molecule has 1 rings (SSSR count). The van der Waals surface area contributed by atoms with E-state index in [2.05, 4.69) is 21.2 Å². The lowest BCUT2D eigenvalue weighted by molar-refractivity contribution is -0.115. The van der Waals surface area contributed by atoms with Crippen LogP contribution in [0.5, 0.6) is 0 Å². The van der Waals surface area contributed by atoms with E-state index in [1.165, 1.54) is 0 Å². The second-order valence-electron chi connectivity index (χ2n) is 2.46. The molecule has 0 radical (unpaired) electrons. The highest BCUT2D eigenvalue weighted by Gasteiger charge is 2.30. The number of rotatable bonds is 1. The highest BCUT2D eigenvalue weighted by atomic mass is 79.9. The molecule has 14 heavy (non-hydrogen) atoms. The Balaban J connectivity index is 2.75. The fourth-order valence-electron chi connectivity index (χ4n) is 0.768. The highest BCUT2D eigenvalue weighted by Crippen LogP contribution is 2.28. The van der Waals surface area contributed by atoms with E-state index in [1.807, 2.05) is 6.07 Å². The molecule has 0 aliphatic heterocycles. The molecule has 1 aromatic carbocycles. The summed E-state index contributed by atoms with van der Waals surface area (Å²) in [6, 6.07) is 6.98. The SMILES string of the molecule is O=C(Nc1cccc(Br)c1)C(Cl)(Cl)Cl. The molecule has 1 N–H and O–H groups in total. The van der Waals surface area contributed by atoms with Gasteiger partial charge in [-0.25, -0.2) is 0 Å². The summed E-state index contributed by atoms with van der Waals surface area (Å²) in [6.45, 7) is 0. The first kappa shape index (κ1) is 12.1. The van der Waals surface area contributed by atoms with E-state index in [1.54, 1.807) is 18.2 Å². The zero-order valence-electron chi connectivity index (χ0n) is 6.73. The third-order valence-corrected chi connectivity index (χ3v) is 2.35. The van der Waals surface area contributed by atoms with Crippen molar-refractivity contribution in [1.29, 1.82) is 0 Å². The number of carbonyl (C=O) groups excluding carboxylic acids is 1. The van der Waals surface area contributed by atoms with Crippen LogP contribution in [0.3, 0.4) is 0 Å². The molecule has 0 fully saturated rings. The minimum atomic E-state index is -1.94. The summed E-state index contributed by atoms with van der Waals surface area (Å²) in [5.74, 6) is -0.680. The van der Waals surface area contributed by atoms with Gasteiger partial charge in [-0.1, -0.05) is 56.8 Å². The van der Waals surface area contributed by atoms with Gasteiger partial charge in [0.2, 0.25) is 0 Å². The zero-order valence-corrected chi connectivity index (χ0v) is 10.6. The number of nitrogens with one attached hydrogen (secondary N) is 1. The fraction of sp³-hybridized carbons (Fsp3) is 0.125. The molecule has 2 nitrogen and oxygen atoms in total. The van der Waals surface area contributed by atoms with Crippen LogP contribution in [0.25, 0.3) is 0 Å². The molecular weight excluding hydrogens is 312 g/mol. The van der Waals surface area contributed by atoms with E-state index >= 15 is 0 Å². The number of carbonyl (C=O) groups is 1. The van der Waals surface area contributed by atoms with E-state index in [0.717, 1.165) is 4.47 Å². The van der Waals surface area contributed by atoms with Gasteiger partial charge in [0.25, 0.3) is 9.70 Å². The monoisotopic (exact) mass is 315 g/mol. The Bertz CT molecular complexity index is 351. The lowest BCUT2D eigenvalue weighted by Gasteiger charge is -2.11. The lowest BCUT2D eigenvalue weighted by atomic mass is 10.3. The van der Waals surface area contributed by atoms with Gasteiger partial charge >= 0.3 is 0 Å². The van der Waals surface area contributed by atoms with Crippen molar-refractivity contribution in [2.24, 2.45) is 0 Å². The van der Waals surface area contributed by atoms with Crippen molar-refractivity contribution in [2.45, 2.75) is 3.79 Å². The van der Waals surface area contributed by atoms with E-state index in [0.29, 0.717) is 5.69 Å². The summed E-state index contributed by atoms with van der Waals surface area (Å²) in [5, 5.41) is 2.46. The van der Waals surface area contributed by atoms with Crippen molar-refractivity contribution in [3.8, 4) is 0 Å². The molecule has 0 atom stereocenters. The molecule has 76 valence electrons. The molecule has 0 aliphatic carbocycles. The van der Waals surface area contributed by atoms with Gasteiger partial charge in [0, 0.05) is 10.2 Å². The topological polar surface area (TPSA) is 29.1 Å². The summed E-state index contributed by atoms with van der Waals surface area (Å²) < 4.78 is -1.11.